The maximum absolute atomic E-state index is 11.6. The Balaban J connectivity index is 1.35. The molecule has 0 aromatic carbocycles. The fourth-order valence-electron chi connectivity index (χ4n) is 4.10. The van der Waals surface area contributed by atoms with Gasteiger partial charge in [0.15, 0.2) is 0 Å². The summed E-state index contributed by atoms with van der Waals surface area (Å²) in [6.45, 7) is 4.14. The van der Waals surface area contributed by atoms with Gasteiger partial charge in [-0.1, -0.05) is 0 Å². The maximum atomic E-state index is 11.6. The van der Waals surface area contributed by atoms with Crippen molar-refractivity contribution in [2.45, 2.75) is 57.5 Å². The van der Waals surface area contributed by atoms with Crippen molar-refractivity contribution in [1.82, 2.24) is 19.8 Å². The molecule has 1 saturated carbocycles. The molecule has 0 radical (unpaired) electrons. The van der Waals surface area contributed by atoms with Gasteiger partial charge in [-0.05, 0) is 57.0 Å². The van der Waals surface area contributed by atoms with Crippen LogP contribution in [0.5, 0.6) is 0 Å². The molecule has 5 heteroatoms. The fraction of sp³-hybridized carbons (Fsp3) is 0.765. The highest BCUT2D eigenvalue weighted by Gasteiger charge is 2.36. The zero-order valence-corrected chi connectivity index (χ0v) is 13.3. The SMILES string of the molecule is O=C1CCC2(CCN1)CCN(Cc1nccn1C1CC1)CC2. The Morgan fingerprint density at radius 3 is 2.82 bits per heavy atom. The summed E-state index contributed by atoms with van der Waals surface area (Å²) in [6, 6.07) is 0.715. The lowest BCUT2D eigenvalue weighted by atomic mass is 9.73. The summed E-state index contributed by atoms with van der Waals surface area (Å²) in [5.74, 6) is 1.47. The lowest BCUT2D eigenvalue weighted by Crippen LogP contribution is -2.40. The van der Waals surface area contributed by atoms with Gasteiger partial charge in [-0.25, -0.2) is 4.98 Å². The van der Waals surface area contributed by atoms with Crippen LogP contribution in [0.4, 0.5) is 0 Å². The second-order valence-corrected chi connectivity index (χ2v) is 7.36. The standard InChI is InChI=1S/C17H26N4O/c22-16-3-4-17(5-8-19-16)6-10-20(11-7-17)13-15-18-9-12-21(15)14-1-2-14/h9,12,14H,1-8,10-11,13H2,(H,19,22). The zero-order valence-electron chi connectivity index (χ0n) is 13.3. The van der Waals surface area contributed by atoms with E-state index in [0.717, 1.165) is 39.0 Å². The van der Waals surface area contributed by atoms with E-state index in [0.29, 0.717) is 17.9 Å². The molecule has 22 heavy (non-hydrogen) atoms. The number of aromatic nitrogens is 2. The van der Waals surface area contributed by atoms with Crippen LogP contribution in [0.25, 0.3) is 0 Å². The van der Waals surface area contributed by atoms with Crippen molar-refractivity contribution in [3.05, 3.63) is 18.2 Å². The Morgan fingerprint density at radius 1 is 1.23 bits per heavy atom. The number of likely N-dealkylation sites (tertiary alicyclic amines) is 1. The predicted molar refractivity (Wildman–Crippen MR) is 84.3 cm³/mol. The van der Waals surface area contributed by atoms with Gasteiger partial charge in [0.05, 0.1) is 6.54 Å². The van der Waals surface area contributed by atoms with E-state index in [1.165, 1.54) is 31.5 Å². The van der Waals surface area contributed by atoms with E-state index in [1.807, 2.05) is 6.20 Å². The lowest BCUT2D eigenvalue weighted by Gasteiger charge is -2.41. The summed E-state index contributed by atoms with van der Waals surface area (Å²) in [5, 5.41) is 3.02. The van der Waals surface area contributed by atoms with E-state index in [-0.39, 0.29) is 5.91 Å². The maximum Gasteiger partial charge on any atom is 0.220 e. The summed E-state index contributed by atoms with van der Waals surface area (Å²) in [5.41, 5.74) is 0.404. The third-order valence-electron chi connectivity index (χ3n) is 5.83. The largest absolute Gasteiger partial charge is 0.356 e. The first kappa shape index (κ1) is 14.2. The number of carbonyl (C=O) groups is 1. The predicted octanol–water partition coefficient (Wildman–Crippen LogP) is 2.10. The minimum absolute atomic E-state index is 0.241. The molecule has 3 heterocycles. The average Bonchev–Trinajstić information content (AvgIpc) is 3.30. The van der Waals surface area contributed by atoms with Gasteiger partial charge in [0.25, 0.3) is 0 Å². The number of nitrogens with zero attached hydrogens (tertiary/aromatic N) is 3. The van der Waals surface area contributed by atoms with Gasteiger partial charge in [0, 0.05) is 31.4 Å². The number of piperidine rings is 1. The molecular formula is C17H26N4O. The van der Waals surface area contributed by atoms with Crippen molar-refractivity contribution >= 4 is 5.91 Å². The van der Waals surface area contributed by atoms with Crippen LogP contribution < -0.4 is 5.32 Å². The quantitative estimate of drug-likeness (QED) is 0.930. The molecule has 0 unspecified atom stereocenters. The van der Waals surface area contributed by atoms with Crippen molar-refractivity contribution in [2.75, 3.05) is 19.6 Å². The third kappa shape index (κ3) is 2.91. The molecule has 3 aliphatic rings. The van der Waals surface area contributed by atoms with Crippen LogP contribution in [0, 0.1) is 5.41 Å². The monoisotopic (exact) mass is 302 g/mol. The number of carbonyl (C=O) groups excluding carboxylic acids is 1. The second kappa shape index (κ2) is 5.69. The van der Waals surface area contributed by atoms with Crippen LogP contribution in [-0.2, 0) is 11.3 Å². The zero-order chi connectivity index (χ0) is 15.0. The molecule has 1 aromatic heterocycles. The molecule has 2 aliphatic heterocycles. The highest BCUT2D eigenvalue weighted by atomic mass is 16.1. The van der Waals surface area contributed by atoms with E-state index in [4.69, 9.17) is 0 Å². The Hall–Kier alpha value is -1.36. The Kier molecular flexibility index (Phi) is 3.68. The number of imidazole rings is 1. The molecule has 1 spiro atoms. The summed E-state index contributed by atoms with van der Waals surface area (Å²) >= 11 is 0. The first-order valence-electron chi connectivity index (χ1n) is 8.75. The molecule has 0 bridgehead atoms. The van der Waals surface area contributed by atoms with Gasteiger partial charge in [0.2, 0.25) is 5.91 Å². The molecule has 1 N–H and O–H groups in total. The summed E-state index contributed by atoms with van der Waals surface area (Å²) in [6.07, 6.45) is 12.1. The van der Waals surface area contributed by atoms with Crippen molar-refractivity contribution in [1.29, 1.82) is 0 Å². The first-order valence-corrected chi connectivity index (χ1v) is 8.75. The van der Waals surface area contributed by atoms with Crippen LogP contribution in [0.2, 0.25) is 0 Å². The Morgan fingerprint density at radius 2 is 2.05 bits per heavy atom. The minimum atomic E-state index is 0.241. The van der Waals surface area contributed by atoms with Crippen molar-refractivity contribution in [2.24, 2.45) is 5.41 Å². The lowest BCUT2D eigenvalue weighted by molar-refractivity contribution is -0.121. The van der Waals surface area contributed by atoms with Crippen LogP contribution in [0.3, 0.4) is 0 Å². The molecule has 1 aliphatic carbocycles. The highest BCUT2D eigenvalue weighted by molar-refractivity contribution is 5.76. The van der Waals surface area contributed by atoms with Gasteiger partial charge in [0.1, 0.15) is 5.82 Å². The van der Waals surface area contributed by atoms with Crippen molar-refractivity contribution in [3.8, 4) is 0 Å². The van der Waals surface area contributed by atoms with Crippen LogP contribution >= 0.6 is 0 Å². The topological polar surface area (TPSA) is 50.2 Å². The van der Waals surface area contributed by atoms with E-state index >= 15 is 0 Å². The van der Waals surface area contributed by atoms with Gasteiger partial charge in [-0.15, -0.1) is 0 Å². The molecule has 5 nitrogen and oxygen atoms in total. The molecule has 4 rings (SSSR count). The van der Waals surface area contributed by atoms with Gasteiger partial charge >= 0.3 is 0 Å². The van der Waals surface area contributed by atoms with Crippen LogP contribution in [0.1, 0.15) is 56.8 Å². The number of rotatable bonds is 3. The van der Waals surface area contributed by atoms with Crippen molar-refractivity contribution < 1.29 is 4.79 Å². The molecule has 1 aromatic rings. The summed E-state index contributed by atoms with van der Waals surface area (Å²) in [4.78, 5) is 18.7. The summed E-state index contributed by atoms with van der Waals surface area (Å²) < 4.78 is 2.37. The van der Waals surface area contributed by atoms with E-state index in [9.17, 15) is 4.79 Å². The normalized spacial score (nSPS) is 25.9. The van der Waals surface area contributed by atoms with E-state index in [2.05, 4.69) is 26.0 Å². The second-order valence-electron chi connectivity index (χ2n) is 7.36. The molecule has 1 amide bonds. The van der Waals surface area contributed by atoms with Crippen molar-refractivity contribution in [3.63, 3.8) is 0 Å². The molecule has 2 saturated heterocycles. The highest BCUT2D eigenvalue weighted by Crippen LogP contribution is 2.41. The molecule has 3 fully saturated rings. The number of hydrogen-bond donors (Lipinski definition) is 1. The summed E-state index contributed by atoms with van der Waals surface area (Å²) in [7, 11) is 0. The fourth-order valence-corrected chi connectivity index (χ4v) is 4.10. The van der Waals surface area contributed by atoms with Gasteiger partial charge in [-0.3, -0.25) is 9.69 Å². The Labute approximate surface area is 132 Å². The average molecular weight is 302 g/mol. The molecule has 120 valence electrons. The van der Waals surface area contributed by atoms with Crippen LogP contribution in [-0.4, -0.2) is 40.0 Å². The van der Waals surface area contributed by atoms with Crippen LogP contribution in [0.15, 0.2) is 12.4 Å². The van der Waals surface area contributed by atoms with Gasteiger partial charge < -0.3 is 9.88 Å². The smallest absolute Gasteiger partial charge is 0.220 e. The van der Waals surface area contributed by atoms with Gasteiger partial charge in [-0.2, -0.15) is 0 Å². The Bertz CT molecular complexity index is 541. The first-order chi connectivity index (χ1) is 10.7. The van der Waals surface area contributed by atoms with E-state index < -0.39 is 0 Å². The number of nitrogens with one attached hydrogen (secondary N) is 1. The number of amides is 1. The molecule has 0 atom stereocenters. The number of hydrogen-bond acceptors (Lipinski definition) is 3. The minimum Gasteiger partial charge on any atom is -0.356 e. The molecular weight excluding hydrogens is 276 g/mol. The third-order valence-corrected chi connectivity index (χ3v) is 5.83. The van der Waals surface area contributed by atoms with E-state index in [1.54, 1.807) is 0 Å².